The van der Waals surface area contributed by atoms with Crippen LogP contribution in [0.3, 0.4) is 0 Å². The fourth-order valence-electron chi connectivity index (χ4n) is 2.08. The normalized spacial score (nSPS) is 12.4. The molecule has 0 bridgehead atoms. The molecule has 0 radical (unpaired) electrons. The van der Waals surface area contributed by atoms with E-state index in [1.54, 1.807) is 13.0 Å². The number of anilines is 1. The minimum atomic E-state index is -4.43. The molecule has 1 aromatic heterocycles. The average molecular weight is 437 g/mol. The first-order chi connectivity index (χ1) is 12.9. The molecule has 0 saturated heterocycles. The lowest BCUT2D eigenvalue weighted by Crippen LogP contribution is -2.28. The van der Waals surface area contributed by atoms with Crippen molar-refractivity contribution in [1.29, 1.82) is 0 Å². The van der Waals surface area contributed by atoms with Crippen LogP contribution in [0.25, 0.3) is 0 Å². The summed E-state index contributed by atoms with van der Waals surface area (Å²) >= 11 is 1.10. The van der Waals surface area contributed by atoms with E-state index in [0.29, 0.717) is 16.1 Å². The second-order valence-corrected chi connectivity index (χ2v) is 8.86. The molecule has 12 heteroatoms. The third kappa shape index (κ3) is 5.99. The summed E-state index contributed by atoms with van der Waals surface area (Å²) in [5.41, 5.74) is 0.277. The van der Waals surface area contributed by atoms with E-state index in [4.69, 9.17) is 0 Å². The average Bonchev–Trinajstić information content (AvgIpc) is 2.91. The van der Waals surface area contributed by atoms with Gasteiger partial charge in [0.2, 0.25) is 0 Å². The van der Waals surface area contributed by atoms with E-state index in [1.807, 2.05) is 0 Å². The molecule has 154 valence electrons. The molecule has 0 aliphatic heterocycles. The predicted octanol–water partition coefficient (Wildman–Crippen LogP) is 2.82. The molecule has 1 N–H and O–H groups in total. The van der Waals surface area contributed by atoms with Crippen molar-refractivity contribution in [2.75, 3.05) is 26.0 Å². The summed E-state index contributed by atoms with van der Waals surface area (Å²) in [5, 5.41) is 2.62. The number of nitrogens with zero attached hydrogens (tertiary/aromatic N) is 2. The van der Waals surface area contributed by atoms with Gasteiger partial charge in [0.05, 0.1) is 11.3 Å². The second-order valence-electron chi connectivity index (χ2n) is 5.95. The van der Waals surface area contributed by atoms with E-state index in [0.717, 1.165) is 27.8 Å². The Labute approximate surface area is 164 Å². The molecular formula is C16H18F3N3O4S2. The van der Waals surface area contributed by atoms with Crippen LogP contribution in [0.15, 0.2) is 24.3 Å². The molecule has 0 spiro atoms. The van der Waals surface area contributed by atoms with E-state index in [9.17, 15) is 26.4 Å². The third-order valence-electron chi connectivity index (χ3n) is 3.54. The Hall–Kier alpha value is -2.02. The van der Waals surface area contributed by atoms with E-state index >= 15 is 0 Å². The molecule has 1 heterocycles. The van der Waals surface area contributed by atoms with Crippen LogP contribution in [0, 0.1) is 6.92 Å². The molecular weight excluding hydrogens is 419 g/mol. The van der Waals surface area contributed by atoms with E-state index in [1.165, 1.54) is 20.2 Å². The third-order valence-corrected chi connectivity index (χ3v) is 5.93. The minimum absolute atomic E-state index is 0.204. The first-order valence-corrected chi connectivity index (χ1v) is 10.1. The summed E-state index contributed by atoms with van der Waals surface area (Å²) in [6.45, 7) is 0.949. The van der Waals surface area contributed by atoms with Crippen LogP contribution < -0.4 is 5.32 Å². The smallest absolute Gasteiger partial charge is 0.300 e. The maximum Gasteiger partial charge on any atom is 0.416 e. The minimum Gasteiger partial charge on any atom is -0.300 e. The number of rotatable bonds is 7. The number of halogens is 3. The van der Waals surface area contributed by atoms with Crippen LogP contribution in [-0.2, 0) is 31.9 Å². The van der Waals surface area contributed by atoms with Gasteiger partial charge in [0, 0.05) is 25.4 Å². The SMILES string of the molecule is Cc1nc(NC(=O)COS(=O)(=O)N(C)C)sc1Cc1cccc(C(F)(F)F)c1. The number of aryl methyl sites for hydroxylation is 1. The molecule has 0 atom stereocenters. The van der Waals surface area contributed by atoms with E-state index < -0.39 is 34.6 Å². The summed E-state index contributed by atoms with van der Waals surface area (Å²) in [7, 11) is -1.46. The number of carbonyl (C=O) groups is 1. The molecule has 0 aliphatic rings. The summed E-state index contributed by atoms with van der Waals surface area (Å²) < 4.78 is 66.8. The van der Waals surface area contributed by atoms with Gasteiger partial charge in [0.15, 0.2) is 5.13 Å². The highest BCUT2D eigenvalue weighted by atomic mass is 32.2. The first-order valence-electron chi connectivity index (χ1n) is 7.87. The topological polar surface area (TPSA) is 88.6 Å². The van der Waals surface area contributed by atoms with Gasteiger partial charge in [-0.2, -0.15) is 25.9 Å². The predicted molar refractivity (Wildman–Crippen MR) is 98.3 cm³/mol. The van der Waals surface area contributed by atoms with Crippen molar-refractivity contribution in [2.24, 2.45) is 0 Å². The molecule has 0 saturated carbocycles. The Morgan fingerprint density at radius 2 is 2.00 bits per heavy atom. The highest BCUT2D eigenvalue weighted by Crippen LogP contribution is 2.31. The van der Waals surface area contributed by atoms with Crippen LogP contribution in [-0.4, -0.2) is 44.3 Å². The standard InChI is InChI=1S/C16H18F3N3O4S2/c1-10-13(8-11-5-4-6-12(7-11)16(17,18)19)27-15(20-10)21-14(23)9-26-28(24,25)22(2)3/h4-7H,8-9H2,1-3H3,(H,20,21,23). The van der Waals surface area contributed by atoms with Gasteiger partial charge < -0.3 is 0 Å². The Balaban J connectivity index is 2.04. The Morgan fingerprint density at radius 1 is 1.32 bits per heavy atom. The Kier molecular flexibility index (Phi) is 6.80. The number of benzene rings is 1. The number of nitrogens with one attached hydrogen (secondary N) is 1. The van der Waals surface area contributed by atoms with Crippen LogP contribution in [0.4, 0.5) is 18.3 Å². The van der Waals surface area contributed by atoms with E-state index in [-0.39, 0.29) is 11.6 Å². The summed E-state index contributed by atoms with van der Waals surface area (Å²) in [6, 6.07) is 4.97. The van der Waals surface area contributed by atoms with Crippen molar-refractivity contribution < 1.29 is 30.6 Å². The molecule has 7 nitrogen and oxygen atoms in total. The van der Waals surface area contributed by atoms with Crippen LogP contribution in [0.2, 0.25) is 0 Å². The lowest BCUT2D eigenvalue weighted by molar-refractivity contribution is -0.137. The van der Waals surface area contributed by atoms with Gasteiger partial charge in [0.1, 0.15) is 6.61 Å². The molecule has 1 amide bonds. The molecule has 28 heavy (non-hydrogen) atoms. The lowest BCUT2D eigenvalue weighted by atomic mass is 10.1. The van der Waals surface area contributed by atoms with Crippen molar-refractivity contribution in [1.82, 2.24) is 9.29 Å². The first kappa shape index (κ1) is 22.3. The molecule has 0 unspecified atom stereocenters. The van der Waals surface area contributed by atoms with Gasteiger partial charge in [0.25, 0.3) is 5.91 Å². The fraction of sp³-hybridized carbons (Fsp3) is 0.375. The van der Waals surface area contributed by atoms with Crippen molar-refractivity contribution in [3.63, 3.8) is 0 Å². The number of thiazole rings is 1. The Bertz CT molecular complexity index is 956. The van der Waals surface area contributed by atoms with Gasteiger partial charge in [-0.15, -0.1) is 11.3 Å². The zero-order valence-electron chi connectivity index (χ0n) is 15.2. The van der Waals surface area contributed by atoms with Gasteiger partial charge in [-0.1, -0.05) is 18.2 Å². The summed E-state index contributed by atoms with van der Waals surface area (Å²) in [4.78, 5) is 16.7. The van der Waals surface area contributed by atoms with Crippen LogP contribution >= 0.6 is 11.3 Å². The molecule has 0 aliphatic carbocycles. The number of aromatic nitrogens is 1. The van der Waals surface area contributed by atoms with Crippen molar-refractivity contribution in [2.45, 2.75) is 19.5 Å². The van der Waals surface area contributed by atoms with Gasteiger partial charge in [-0.25, -0.2) is 9.17 Å². The number of hydrogen-bond acceptors (Lipinski definition) is 6. The quantitative estimate of drug-likeness (QED) is 0.720. The molecule has 1 aromatic carbocycles. The maximum absolute atomic E-state index is 12.8. The zero-order valence-corrected chi connectivity index (χ0v) is 16.8. The molecule has 0 fully saturated rings. The highest BCUT2D eigenvalue weighted by molar-refractivity contribution is 7.84. The number of carbonyl (C=O) groups excluding carboxylic acids is 1. The molecule has 2 rings (SSSR count). The maximum atomic E-state index is 12.8. The summed E-state index contributed by atoms with van der Waals surface area (Å²) in [5.74, 6) is -0.718. The van der Waals surface area contributed by atoms with Crippen molar-refractivity contribution >= 4 is 32.7 Å². The second kappa shape index (κ2) is 8.55. The zero-order chi connectivity index (χ0) is 21.1. The number of alkyl halides is 3. The van der Waals surface area contributed by atoms with Gasteiger partial charge in [-0.3, -0.25) is 10.1 Å². The van der Waals surface area contributed by atoms with E-state index in [2.05, 4.69) is 14.5 Å². The van der Waals surface area contributed by atoms with Gasteiger partial charge in [-0.05, 0) is 18.6 Å². The fourth-order valence-corrected chi connectivity index (χ4v) is 3.56. The summed E-state index contributed by atoms with van der Waals surface area (Å²) in [6.07, 6.45) is -4.21. The van der Waals surface area contributed by atoms with Gasteiger partial charge >= 0.3 is 16.5 Å². The highest BCUT2D eigenvalue weighted by Gasteiger charge is 2.30. The van der Waals surface area contributed by atoms with Crippen molar-refractivity contribution in [3.05, 3.63) is 46.0 Å². The Morgan fingerprint density at radius 3 is 2.61 bits per heavy atom. The number of amides is 1. The van der Waals surface area contributed by atoms with Crippen LogP contribution in [0.5, 0.6) is 0 Å². The van der Waals surface area contributed by atoms with Crippen LogP contribution in [0.1, 0.15) is 21.7 Å². The largest absolute Gasteiger partial charge is 0.416 e. The van der Waals surface area contributed by atoms with Crippen molar-refractivity contribution in [3.8, 4) is 0 Å². The lowest BCUT2D eigenvalue weighted by Gasteiger charge is -2.10. The number of hydrogen-bond donors (Lipinski definition) is 1. The monoisotopic (exact) mass is 437 g/mol. The molecule has 2 aromatic rings.